The van der Waals surface area contributed by atoms with Crippen LogP contribution >= 0.6 is 0 Å². The van der Waals surface area contributed by atoms with Gasteiger partial charge in [-0.05, 0) is 18.5 Å². The molecule has 1 aromatic rings. The van der Waals surface area contributed by atoms with Crippen molar-refractivity contribution in [3.63, 3.8) is 0 Å². The summed E-state index contributed by atoms with van der Waals surface area (Å²) in [6, 6.07) is 1.79. The largest absolute Gasteiger partial charge is 0.493 e. The highest BCUT2D eigenvalue weighted by Gasteiger charge is 2.24. The smallest absolute Gasteiger partial charge is 0.278 e. The standard InChI is InChI=1S/C19H29N7O8/c1-14(24-20)15-11-17(30-2)18(12-16(15)26(28)29)34-13-19(27)22-3-5-31-7-9-33-10-8-32-6-4-23-25-21/h11-12,14,20H,3-10,13H2,1-2H3,(H,22,27). The van der Waals surface area contributed by atoms with Gasteiger partial charge < -0.3 is 29.0 Å². The number of methoxy groups -OCH3 is 1. The second-order valence-electron chi connectivity index (χ2n) is 6.55. The fraction of sp³-hybridized carbons (Fsp3) is 0.632. The normalized spacial score (nSPS) is 11.2. The van der Waals surface area contributed by atoms with Crippen molar-refractivity contribution in [3.05, 3.63) is 38.3 Å². The Morgan fingerprint density at radius 2 is 1.82 bits per heavy atom. The van der Waals surface area contributed by atoms with Gasteiger partial charge in [-0.3, -0.25) is 14.9 Å². The molecule has 0 radical (unpaired) electrons. The number of nitrogens with one attached hydrogen (secondary N) is 2. The van der Waals surface area contributed by atoms with Crippen molar-refractivity contribution < 1.29 is 33.4 Å². The molecule has 0 spiro atoms. The van der Waals surface area contributed by atoms with Crippen molar-refractivity contribution in [2.24, 2.45) is 10.2 Å². The fourth-order valence-corrected chi connectivity index (χ4v) is 2.55. The highest BCUT2D eigenvalue weighted by Crippen LogP contribution is 2.38. The third-order valence-corrected chi connectivity index (χ3v) is 4.22. The second-order valence-corrected chi connectivity index (χ2v) is 6.55. The minimum Gasteiger partial charge on any atom is -0.493 e. The first-order chi connectivity index (χ1) is 16.4. The van der Waals surface area contributed by atoms with Crippen molar-refractivity contribution in [2.75, 3.05) is 66.4 Å². The first kappa shape index (κ1) is 28.5. The Hall–Kier alpha value is -3.52. The van der Waals surface area contributed by atoms with Gasteiger partial charge >= 0.3 is 0 Å². The van der Waals surface area contributed by atoms with E-state index in [9.17, 15) is 14.9 Å². The Morgan fingerprint density at radius 3 is 2.41 bits per heavy atom. The summed E-state index contributed by atoms with van der Waals surface area (Å²) in [6.45, 7) is 3.73. The van der Waals surface area contributed by atoms with Gasteiger partial charge in [-0.15, -0.1) is 0 Å². The zero-order valence-corrected chi connectivity index (χ0v) is 19.1. The highest BCUT2D eigenvalue weighted by molar-refractivity contribution is 5.77. The van der Waals surface area contributed by atoms with Crippen molar-refractivity contribution >= 4 is 11.6 Å². The van der Waals surface area contributed by atoms with Gasteiger partial charge in [0.15, 0.2) is 18.1 Å². The number of nitro groups is 1. The van der Waals surface area contributed by atoms with Crippen LogP contribution in [0.2, 0.25) is 0 Å². The number of amides is 1. The fourth-order valence-electron chi connectivity index (χ4n) is 2.55. The Bertz CT molecular complexity index is 848. The van der Waals surface area contributed by atoms with E-state index < -0.39 is 16.9 Å². The summed E-state index contributed by atoms with van der Waals surface area (Å²) in [5.74, 6) is -0.227. The zero-order chi connectivity index (χ0) is 25.2. The summed E-state index contributed by atoms with van der Waals surface area (Å²) < 4.78 is 26.4. The number of benzene rings is 1. The number of carbonyl (C=O) groups excluding carboxylic acids is 1. The van der Waals surface area contributed by atoms with E-state index in [4.69, 9.17) is 34.7 Å². The number of azide groups is 1. The molecule has 0 saturated carbocycles. The van der Waals surface area contributed by atoms with Crippen molar-refractivity contribution in [3.8, 4) is 11.5 Å². The summed E-state index contributed by atoms with van der Waals surface area (Å²) in [7, 11) is 1.36. The van der Waals surface area contributed by atoms with E-state index in [1.54, 1.807) is 6.92 Å². The molecule has 2 N–H and O–H groups in total. The Labute approximate surface area is 195 Å². The third-order valence-electron chi connectivity index (χ3n) is 4.22. The van der Waals surface area contributed by atoms with E-state index in [-0.39, 0.29) is 49.1 Å². The van der Waals surface area contributed by atoms with Gasteiger partial charge in [0.1, 0.15) is 0 Å². The average Bonchev–Trinajstić information content (AvgIpc) is 2.84. The molecule has 0 aliphatic rings. The van der Waals surface area contributed by atoms with E-state index in [2.05, 4.69) is 20.5 Å². The molecule has 15 heteroatoms. The molecule has 0 heterocycles. The zero-order valence-electron chi connectivity index (χ0n) is 19.1. The van der Waals surface area contributed by atoms with Crippen LogP contribution in [-0.2, 0) is 19.0 Å². The Kier molecular flexibility index (Phi) is 14.3. The van der Waals surface area contributed by atoms with Crippen LogP contribution in [-0.4, -0.2) is 77.3 Å². The van der Waals surface area contributed by atoms with E-state index in [0.29, 0.717) is 33.0 Å². The van der Waals surface area contributed by atoms with Crippen LogP contribution in [0.1, 0.15) is 18.5 Å². The first-order valence-electron chi connectivity index (χ1n) is 10.3. The minimum absolute atomic E-state index is 0.0282. The lowest BCUT2D eigenvalue weighted by Crippen LogP contribution is -2.32. The van der Waals surface area contributed by atoms with Gasteiger partial charge in [-0.1, -0.05) is 5.11 Å². The summed E-state index contributed by atoms with van der Waals surface area (Å²) in [5, 5.41) is 20.6. The Morgan fingerprint density at radius 1 is 1.18 bits per heavy atom. The average molecular weight is 483 g/mol. The Balaban J connectivity index is 2.29. The minimum atomic E-state index is -0.735. The molecule has 1 atom stereocenters. The van der Waals surface area contributed by atoms with E-state index >= 15 is 0 Å². The molecule has 0 aliphatic carbocycles. The van der Waals surface area contributed by atoms with Gasteiger partial charge in [-0.2, -0.15) is 5.11 Å². The van der Waals surface area contributed by atoms with Gasteiger partial charge in [-0.25, -0.2) is 5.53 Å². The third kappa shape index (κ3) is 10.9. The van der Waals surface area contributed by atoms with E-state index in [0.717, 1.165) is 6.07 Å². The molecule has 1 aromatic carbocycles. The molecule has 34 heavy (non-hydrogen) atoms. The summed E-state index contributed by atoms with van der Waals surface area (Å²) >= 11 is 0. The van der Waals surface area contributed by atoms with Gasteiger partial charge in [0.05, 0.1) is 69.3 Å². The summed E-state index contributed by atoms with van der Waals surface area (Å²) in [4.78, 5) is 25.4. The van der Waals surface area contributed by atoms with Gasteiger partial charge in [0, 0.05) is 18.0 Å². The van der Waals surface area contributed by atoms with Crippen LogP contribution in [0.25, 0.3) is 10.4 Å². The number of hydrogen-bond donors (Lipinski definition) is 2. The van der Waals surface area contributed by atoms with Crippen molar-refractivity contribution in [2.45, 2.75) is 13.0 Å². The van der Waals surface area contributed by atoms with Crippen molar-refractivity contribution in [1.82, 2.24) is 5.32 Å². The number of ether oxygens (including phenoxy) is 5. The van der Waals surface area contributed by atoms with Gasteiger partial charge in [0.2, 0.25) is 0 Å². The quantitative estimate of drug-likeness (QED) is 0.0745. The van der Waals surface area contributed by atoms with Crippen LogP contribution in [0, 0.1) is 15.6 Å². The molecule has 1 rings (SSSR count). The molecule has 0 aromatic heterocycles. The molecule has 0 aliphatic heterocycles. The number of nitrogens with zero attached hydrogens (tertiary/aromatic N) is 5. The second kappa shape index (κ2) is 17.0. The molecule has 0 bridgehead atoms. The van der Waals surface area contributed by atoms with Crippen LogP contribution in [0.15, 0.2) is 22.4 Å². The van der Waals surface area contributed by atoms with Crippen molar-refractivity contribution in [1.29, 1.82) is 5.53 Å². The lowest BCUT2D eigenvalue weighted by atomic mass is 10.1. The highest BCUT2D eigenvalue weighted by atomic mass is 16.6. The van der Waals surface area contributed by atoms with Crippen LogP contribution < -0.4 is 14.8 Å². The number of carbonyl (C=O) groups is 1. The number of hydrogen-bond acceptors (Lipinski definition) is 11. The number of rotatable bonds is 19. The maximum atomic E-state index is 12.0. The van der Waals surface area contributed by atoms with E-state index in [1.165, 1.54) is 13.2 Å². The molecular weight excluding hydrogens is 454 g/mol. The molecule has 0 fully saturated rings. The first-order valence-corrected chi connectivity index (χ1v) is 10.3. The molecular formula is C19H29N7O8. The molecule has 15 nitrogen and oxygen atoms in total. The predicted molar refractivity (Wildman–Crippen MR) is 118 cm³/mol. The molecule has 1 amide bonds. The summed E-state index contributed by atoms with van der Waals surface area (Å²) in [6.07, 6.45) is 0. The summed E-state index contributed by atoms with van der Waals surface area (Å²) in [5.41, 5.74) is 15.1. The topological polar surface area (TPSA) is 203 Å². The van der Waals surface area contributed by atoms with Crippen LogP contribution in [0.5, 0.6) is 11.5 Å². The molecule has 0 saturated heterocycles. The monoisotopic (exact) mass is 483 g/mol. The lowest BCUT2D eigenvalue weighted by molar-refractivity contribution is -0.385. The predicted octanol–water partition coefficient (Wildman–Crippen LogP) is 2.55. The molecule has 1 unspecified atom stereocenters. The van der Waals surface area contributed by atoms with Gasteiger partial charge in [0.25, 0.3) is 11.6 Å². The molecule has 188 valence electrons. The number of nitro benzene ring substituents is 1. The van der Waals surface area contributed by atoms with E-state index in [1.807, 2.05) is 0 Å². The van der Waals surface area contributed by atoms with Crippen LogP contribution in [0.4, 0.5) is 5.69 Å². The maximum absolute atomic E-state index is 12.0. The lowest BCUT2D eigenvalue weighted by Gasteiger charge is -2.14. The van der Waals surface area contributed by atoms with Crippen LogP contribution in [0.3, 0.4) is 0 Å². The maximum Gasteiger partial charge on any atom is 0.278 e. The SMILES string of the molecule is COc1cc(C(C)N=N)c([N+](=O)[O-])cc1OCC(=O)NCCOCCOCCOCCN=[N+]=[N-].